The van der Waals surface area contributed by atoms with Crippen LogP contribution in [0.3, 0.4) is 0 Å². The van der Waals surface area contributed by atoms with Crippen LogP contribution in [0.1, 0.15) is 11.3 Å². The number of hydrogen-bond acceptors (Lipinski definition) is 6. The number of anilines is 1. The monoisotopic (exact) mass is 284 g/mol. The van der Waals surface area contributed by atoms with Crippen molar-refractivity contribution in [2.24, 2.45) is 0 Å². The molecule has 1 aliphatic rings. The fourth-order valence-electron chi connectivity index (χ4n) is 2.68. The van der Waals surface area contributed by atoms with E-state index in [9.17, 15) is 0 Å². The number of aromatic nitrogens is 3. The van der Waals surface area contributed by atoms with Gasteiger partial charge in [0.05, 0.1) is 18.6 Å². The Kier molecular flexibility index (Phi) is 2.78. The van der Waals surface area contributed by atoms with Gasteiger partial charge in [-0.05, 0) is 25.5 Å². The molecule has 21 heavy (non-hydrogen) atoms. The zero-order valence-electron chi connectivity index (χ0n) is 12.1. The smallest absolute Gasteiger partial charge is 0.229 e. The van der Waals surface area contributed by atoms with Gasteiger partial charge in [0.25, 0.3) is 0 Å². The van der Waals surface area contributed by atoms with Crippen LogP contribution in [0, 0.1) is 13.8 Å². The molecule has 1 saturated heterocycles. The summed E-state index contributed by atoms with van der Waals surface area (Å²) in [5.41, 5.74) is 4.28. The number of nitrogens with zero attached hydrogens (tertiary/aromatic N) is 4. The predicted molar refractivity (Wildman–Crippen MR) is 79.6 cm³/mol. The molecule has 0 saturated carbocycles. The predicted octanol–water partition coefficient (Wildman–Crippen LogP) is 2.22. The van der Waals surface area contributed by atoms with Crippen molar-refractivity contribution in [1.29, 1.82) is 0 Å². The second-order valence-electron chi connectivity index (χ2n) is 5.32. The summed E-state index contributed by atoms with van der Waals surface area (Å²) < 4.78 is 11.3. The number of ether oxygens (including phenoxy) is 1. The summed E-state index contributed by atoms with van der Waals surface area (Å²) in [7, 11) is 0. The van der Waals surface area contributed by atoms with Crippen LogP contribution < -0.4 is 4.90 Å². The van der Waals surface area contributed by atoms with E-state index in [1.165, 1.54) is 0 Å². The van der Waals surface area contributed by atoms with Crippen molar-refractivity contribution in [2.45, 2.75) is 13.8 Å². The maximum Gasteiger partial charge on any atom is 0.229 e. The second-order valence-corrected chi connectivity index (χ2v) is 5.32. The average Bonchev–Trinajstić information content (AvgIpc) is 2.86. The Morgan fingerprint density at radius 1 is 1.14 bits per heavy atom. The number of fused-ring (bicyclic) bond motifs is 3. The van der Waals surface area contributed by atoms with Gasteiger partial charge >= 0.3 is 0 Å². The van der Waals surface area contributed by atoms with Gasteiger partial charge in [0.15, 0.2) is 11.4 Å². The van der Waals surface area contributed by atoms with Crippen LogP contribution in [0.5, 0.6) is 0 Å². The first-order chi connectivity index (χ1) is 10.2. The molecule has 0 aromatic carbocycles. The quantitative estimate of drug-likeness (QED) is 0.682. The summed E-state index contributed by atoms with van der Waals surface area (Å²) in [4.78, 5) is 15.5. The van der Waals surface area contributed by atoms with E-state index < -0.39 is 0 Å². The Bertz CT molecular complexity index is 821. The number of morpholine rings is 1. The molecule has 108 valence electrons. The van der Waals surface area contributed by atoms with Crippen LogP contribution in [-0.2, 0) is 4.74 Å². The molecule has 0 radical (unpaired) electrons. The Hall–Kier alpha value is -2.21. The van der Waals surface area contributed by atoms with Crippen molar-refractivity contribution in [3.8, 4) is 0 Å². The van der Waals surface area contributed by atoms with Gasteiger partial charge in [0.1, 0.15) is 11.8 Å². The normalized spacial score (nSPS) is 16.0. The van der Waals surface area contributed by atoms with Crippen molar-refractivity contribution in [2.75, 3.05) is 31.2 Å². The minimum atomic E-state index is 0.628. The molecule has 1 fully saturated rings. The molecule has 0 amide bonds. The Labute approximate surface area is 121 Å². The maximum absolute atomic E-state index is 5.95. The lowest BCUT2D eigenvalue weighted by Crippen LogP contribution is -2.36. The summed E-state index contributed by atoms with van der Waals surface area (Å²) in [5.74, 6) is 0.830. The van der Waals surface area contributed by atoms with Gasteiger partial charge in [-0.1, -0.05) is 0 Å². The highest BCUT2D eigenvalue weighted by atomic mass is 16.5. The topological polar surface area (TPSA) is 64.3 Å². The lowest BCUT2D eigenvalue weighted by atomic mass is 10.2. The lowest BCUT2D eigenvalue weighted by molar-refractivity contribution is 0.122. The molecule has 0 aliphatic carbocycles. The third-order valence-electron chi connectivity index (χ3n) is 3.98. The molecule has 0 unspecified atom stereocenters. The van der Waals surface area contributed by atoms with Crippen molar-refractivity contribution in [3.05, 3.63) is 23.7 Å². The van der Waals surface area contributed by atoms with E-state index in [0.717, 1.165) is 41.1 Å². The molecule has 6 heteroatoms. The van der Waals surface area contributed by atoms with Crippen LogP contribution in [0.25, 0.3) is 22.2 Å². The van der Waals surface area contributed by atoms with E-state index in [1.54, 1.807) is 6.33 Å². The van der Waals surface area contributed by atoms with Crippen LogP contribution in [0.4, 0.5) is 5.82 Å². The first-order valence-electron chi connectivity index (χ1n) is 7.08. The molecule has 6 nitrogen and oxygen atoms in total. The number of furan rings is 1. The van der Waals surface area contributed by atoms with Crippen molar-refractivity contribution in [3.63, 3.8) is 0 Å². The number of aryl methyl sites for hydroxylation is 2. The standard InChI is InChI=1S/C15H16N4O2/c1-9-7-11-12-13(21-15(11)18-10(9)2)14(17-8-16-12)19-3-5-20-6-4-19/h7-8H,3-6H2,1-2H3. The van der Waals surface area contributed by atoms with Gasteiger partial charge < -0.3 is 14.1 Å². The Morgan fingerprint density at radius 2 is 1.95 bits per heavy atom. The van der Waals surface area contributed by atoms with E-state index >= 15 is 0 Å². The van der Waals surface area contributed by atoms with Gasteiger partial charge in [0.2, 0.25) is 5.71 Å². The first-order valence-corrected chi connectivity index (χ1v) is 7.08. The van der Waals surface area contributed by atoms with Gasteiger partial charge in [-0.25, -0.2) is 15.0 Å². The van der Waals surface area contributed by atoms with Crippen LogP contribution in [-0.4, -0.2) is 41.3 Å². The van der Waals surface area contributed by atoms with Crippen molar-refractivity contribution in [1.82, 2.24) is 15.0 Å². The summed E-state index contributed by atoms with van der Waals surface area (Å²) in [6.07, 6.45) is 1.59. The molecule has 0 atom stereocenters. The Morgan fingerprint density at radius 3 is 2.76 bits per heavy atom. The molecule has 0 spiro atoms. The number of pyridine rings is 1. The zero-order valence-corrected chi connectivity index (χ0v) is 12.1. The summed E-state index contributed by atoms with van der Waals surface area (Å²) in [6, 6.07) is 2.08. The van der Waals surface area contributed by atoms with Crippen LogP contribution in [0.15, 0.2) is 16.8 Å². The average molecular weight is 284 g/mol. The molecular formula is C15H16N4O2. The SMILES string of the molecule is Cc1cc2c(nc1C)oc1c(N3CCOCC3)ncnc12. The van der Waals surface area contributed by atoms with E-state index in [2.05, 4.69) is 25.9 Å². The largest absolute Gasteiger partial charge is 0.432 e. The van der Waals surface area contributed by atoms with E-state index in [4.69, 9.17) is 9.15 Å². The molecule has 0 N–H and O–H groups in total. The Balaban J connectivity index is 1.96. The minimum Gasteiger partial charge on any atom is -0.432 e. The highest BCUT2D eigenvalue weighted by Crippen LogP contribution is 2.32. The number of hydrogen-bond donors (Lipinski definition) is 0. The van der Waals surface area contributed by atoms with E-state index in [0.29, 0.717) is 24.5 Å². The van der Waals surface area contributed by atoms with Gasteiger partial charge in [-0.15, -0.1) is 0 Å². The highest BCUT2D eigenvalue weighted by Gasteiger charge is 2.20. The molecule has 3 aromatic rings. The van der Waals surface area contributed by atoms with Crippen LogP contribution in [0.2, 0.25) is 0 Å². The van der Waals surface area contributed by atoms with Crippen molar-refractivity contribution < 1.29 is 9.15 Å². The zero-order chi connectivity index (χ0) is 14.4. The van der Waals surface area contributed by atoms with Gasteiger partial charge in [0, 0.05) is 18.8 Å². The van der Waals surface area contributed by atoms with Gasteiger partial charge in [-0.3, -0.25) is 0 Å². The second kappa shape index (κ2) is 4.66. The fraction of sp³-hybridized carbons (Fsp3) is 0.400. The minimum absolute atomic E-state index is 0.628. The first kappa shape index (κ1) is 12.5. The maximum atomic E-state index is 5.95. The molecule has 0 bridgehead atoms. The van der Waals surface area contributed by atoms with E-state index in [-0.39, 0.29) is 0 Å². The van der Waals surface area contributed by atoms with Crippen molar-refractivity contribution >= 4 is 28.0 Å². The summed E-state index contributed by atoms with van der Waals surface area (Å²) in [6.45, 7) is 7.08. The molecule has 4 heterocycles. The summed E-state index contributed by atoms with van der Waals surface area (Å²) >= 11 is 0. The highest BCUT2D eigenvalue weighted by molar-refractivity contribution is 6.04. The molecule has 4 rings (SSSR count). The third-order valence-corrected chi connectivity index (χ3v) is 3.98. The third kappa shape index (κ3) is 1.94. The molecular weight excluding hydrogens is 268 g/mol. The number of rotatable bonds is 1. The summed E-state index contributed by atoms with van der Waals surface area (Å²) in [5, 5.41) is 0.949. The fourth-order valence-corrected chi connectivity index (χ4v) is 2.68. The molecule has 3 aromatic heterocycles. The van der Waals surface area contributed by atoms with E-state index in [1.807, 2.05) is 13.8 Å². The van der Waals surface area contributed by atoms with Crippen LogP contribution >= 0.6 is 0 Å². The molecule has 1 aliphatic heterocycles. The van der Waals surface area contributed by atoms with Gasteiger partial charge in [-0.2, -0.15) is 0 Å². The lowest BCUT2D eigenvalue weighted by Gasteiger charge is -2.27.